The number of carbonyl (C=O) groups excluding carboxylic acids is 1. The van der Waals surface area contributed by atoms with Crippen molar-refractivity contribution in [3.8, 4) is 11.8 Å². The monoisotopic (exact) mass is 264 g/mol. The quantitative estimate of drug-likeness (QED) is 0.793. The first-order valence-electron chi connectivity index (χ1n) is 7.32. The van der Waals surface area contributed by atoms with Crippen LogP contribution in [0.1, 0.15) is 47.5 Å². The van der Waals surface area contributed by atoms with E-state index in [1.54, 1.807) is 0 Å². The molecule has 0 bridgehead atoms. The highest BCUT2D eigenvalue weighted by atomic mass is 16.2. The SMILES string of the molecule is CC(C)NCC(=O)N1CCC(C#CC(C)(C)C)CC1. The molecular formula is C16H28N2O. The molecule has 0 aromatic rings. The maximum atomic E-state index is 12.0. The standard InChI is InChI=1S/C16H28N2O/c1-13(2)17-12-15(19)18-10-7-14(8-11-18)6-9-16(3,4)5/h13-14,17H,7-8,10-12H2,1-5H3. The summed E-state index contributed by atoms with van der Waals surface area (Å²) in [6.45, 7) is 12.7. The number of likely N-dealkylation sites (tertiary alicyclic amines) is 1. The van der Waals surface area contributed by atoms with Gasteiger partial charge in [0.25, 0.3) is 0 Å². The molecule has 1 aliphatic rings. The normalized spacial score (nSPS) is 17.3. The highest BCUT2D eigenvalue weighted by Crippen LogP contribution is 2.18. The van der Waals surface area contributed by atoms with Gasteiger partial charge in [-0.1, -0.05) is 25.7 Å². The molecule has 1 saturated heterocycles. The van der Waals surface area contributed by atoms with Crippen molar-refractivity contribution in [2.45, 2.75) is 53.5 Å². The fourth-order valence-electron chi connectivity index (χ4n) is 2.00. The molecule has 1 aliphatic heterocycles. The van der Waals surface area contributed by atoms with Crippen molar-refractivity contribution >= 4 is 5.91 Å². The van der Waals surface area contributed by atoms with Gasteiger partial charge in [0, 0.05) is 30.5 Å². The maximum Gasteiger partial charge on any atom is 0.236 e. The molecule has 3 nitrogen and oxygen atoms in total. The zero-order chi connectivity index (χ0) is 14.5. The predicted molar refractivity (Wildman–Crippen MR) is 79.7 cm³/mol. The number of nitrogens with one attached hydrogen (secondary N) is 1. The fourth-order valence-corrected chi connectivity index (χ4v) is 2.00. The van der Waals surface area contributed by atoms with Crippen LogP contribution in [-0.4, -0.2) is 36.5 Å². The van der Waals surface area contributed by atoms with Gasteiger partial charge in [-0.05, 0) is 33.6 Å². The molecule has 0 aliphatic carbocycles. The molecule has 1 rings (SSSR count). The van der Waals surface area contributed by atoms with Gasteiger partial charge in [-0.15, -0.1) is 0 Å². The van der Waals surface area contributed by atoms with Crippen molar-refractivity contribution in [2.75, 3.05) is 19.6 Å². The molecule has 0 saturated carbocycles. The molecule has 1 heterocycles. The van der Waals surface area contributed by atoms with Crippen LogP contribution in [0.2, 0.25) is 0 Å². The van der Waals surface area contributed by atoms with Gasteiger partial charge in [-0.3, -0.25) is 4.79 Å². The summed E-state index contributed by atoms with van der Waals surface area (Å²) in [5.41, 5.74) is 0.0775. The zero-order valence-electron chi connectivity index (χ0n) is 13.0. The number of carbonyl (C=O) groups is 1. The van der Waals surface area contributed by atoms with E-state index in [0.29, 0.717) is 18.5 Å². The van der Waals surface area contributed by atoms with Crippen molar-refractivity contribution in [3.05, 3.63) is 0 Å². The van der Waals surface area contributed by atoms with Crippen LogP contribution in [0, 0.1) is 23.2 Å². The van der Waals surface area contributed by atoms with Gasteiger partial charge >= 0.3 is 0 Å². The van der Waals surface area contributed by atoms with Crippen LogP contribution in [0.15, 0.2) is 0 Å². The van der Waals surface area contributed by atoms with Gasteiger partial charge in [-0.2, -0.15) is 0 Å². The third-order valence-electron chi connectivity index (χ3n) is 3.16. The van der Waals surface area contributed by atoms with Crippen molar-refractivity contribution < 1.29 is 4.79 Å². The van der Waals surface area contributed by atoms with Gasteiger partial charge in [0.2, 0.25) is 5.91 Å². The second-order valence-electron chi connectivity index (χ2n) is 6.71. The lowest BCUT2D eigenvalue weighted by Gasteiger charge is -2.30. The Bertz CT molecular complexity index is 349. The fraction of sp³-hybridized carbons (Fsp3) is 0.812. The largest absolute Gasteiger partial charge is 0.342 e. The van der Waals surface area contributed by atoms with E-state index < -0.39 is 0 Å². The summed E-state index contributed by atoms with van der Waals surface area (Å²) >= 11 is 0. The minimum Gasteiger partial charge on any atom is -0.342 e. The zero-order valence-corrected chi connectivity index (χ0v) is 13.0. The Hall–Kier alpha value is -1.01. The molecule has 19 heavy (non-hydrogen) atoms. The van der Waals surface area contributed by atoms with Crippen LogP contribution in [0.5, 0.6) is 0 Å². The number of hydrogen-bond donors (Lipinski definition) is 1. The summed E-state index contributed by atoms with van der Waals surface area (Å²) in [5.74, 6) is 7.36. The first kappa shape index (κ1) is 16.0. The maximum absolute atomic E-state index is 12.0. The summed E-state index contributed by atoms with van der Waals surface area (Å²) in [6.07, 6.45) is 2.02. The lowest BCUT2D eigenvalue weighted by molar-refractivity contribution is -0.131. The molecule has 0 radical (unpaired) electrons. The minimum atomic E-state index is 0.0775. The van der Waals surface area contributed by atoms with Crippen LogP contribution in [0.4, 0.5) is 0 Å². The Balaban J connectivity index is 2.36. The molecule has 0 unspecified atom stereocenters. The van der Waals surface area contributed by atoms with E-state index in [4.69, 9.17) is 0 Å². The topological polar surface area (TPSA) is 32.3 Å². The van der Waals surface area contributed by atoms with Crippen LogP contribution in [0.25, 0.3) is 0 Å². The van der Waals surface area contributed by atoms with Gasteiger partial charge in [-0.25, -0.2) is 0 Å². The molecular weight excluding hydrogens is 236 g/mol. The lowest BCUT2D eigenvalue weighted by atomic mass is 9.93. The smallest absolute Gasteiger partial charge is 0.236 e. The van der Waals surface area contributed by atoms with Gasteiger partial charge in [0.1, 0.15) is 0 Å². The van der Waals surface area contributed by atoms with E-state index in [9.17, 15) is 4.79 Å². The average molecular weight is 264 g/mol. The first-order valence-corrected chi connectivity index (χ1v) is 7.32. The van der Waals surface area contributed by atoms with Gasteiger partial charge in [0.05, 0.1) is 6.54 Å². The summed E-state index contributed by atoms with van der Waals surface area (Å²) in [5, 5.41) is 3.18. The summed E-state index contributed by atoms with van der Waals surface area (Å²) in [6, 6.07) is 0.360. The highest BCUT2D eigenvalue weighted by Gasteiger charge is 2.21. The van der Waals surface area contributed by atoms with Crippen molar-refractivity contribution in [3.63, 3.8) is 0 Å². The molecule has 108 valence electrons. The second-order valence-corrected chi connectivity index (χ2v) is 6.71. The lowest BCUT2D eigenvalue weighted by Crippen LogP contribution is -2.44. The van der Waals surface area contributed by atoms with Crippen LogP contribution < -0.4 is 5.32 Å². The van der Waals surface area contributed by atoms with Crippen LogP contribution >= 0.6 is 0 Å². The Morgan fingerprint density at radius 1 is 1.32 bits per heavy atom. The van der Waals surface area contributed by atoms with E-state index in [2.05, 4.69) is 51.8 Å². The summed E-state index contributed by atoms with van der Waals surface area (Å²) in [4.78, 5) is 13.9. The number of piperidine rings is 1. The molecule has 1 N–H and O–H groups in total. The molecule has 0 spiro atoms. The van der Waals surface area contributed by atoms with Crippen molar-refractivity contribution in [1.82, 2.24) is 10.2 Å². The molecule has 0 aromatic heterocycles. The number of nitrogens with zero attached hydrogens (tertiary/aromatic N) is 1. The molecule has 0 aromatic carbocycles. The number of rotatable bonds is 3. The van der Waals surface area contributed by atoms with Gasteiger partial charge < -0.3 is 10.2 Å². The Morgan fingerprint density at radius 3 is 2.37 bits per heavy atom. The Morgan fingerprint density at radius 2 is 1.89 bits per heavy atom. The second kappa shape index (κ2) is 6.96. The molecule has 1 amide bonds. The van der Waals surface area contributed by atoms with Crippen LogP contribution in [-0.2, 0) is 4.79 Å². The van der Waals surface area contributed by atoms with E-state index in [-0.39, 0.29) is 11.3 Å². The third-order valence-corrected chi connectivity index (χ3v) is 3.16. The first-order chi connectivity index (χ1) is 8.78. The molecule has 3 heteroatoms. The highest BCUT2D eigenvalue weighted by molar-refractivity contribution is 5.78. The molecule has 1 fully saturated rings. The number of hydrogen-bond acceptors (Lipinski definition) is 2. The predicted octanol–water partition coefficient (Wildman–Crippen LogP) is 2.27. The third kappa shape index (κ3) is 6.63. The van der Waals surface area contributed by atoms with Gasteiger partial charge in [0.15, 0.2) is 0 Å². The van der Waals surface area contributed by atoms with E-state index in [1.165, 1.54) is 0 Å². The van der Waals surface area contributed by atoms with Crippen LogP contribution in [0.3, 0.4) is 0 Å². The summed E-state index contributed by atoms with van der Waals surface area (Å²) < 4.78 is 0. The van der Waals surface area contributed by atoms with Crippen molar-refractivity contribution in [1.29, 1.82) is 0 Å². The van der Waals surface area contributed by atoms with E-state index >= 15 is 0 Å². The van der Waals surface area contributed by atoms with E-state index in [1.807, 2.05) is 4.90 Å². The average Bonchev–Trinajstić information content (AvgIpc) is 2.33. The van der Waals surface area contributed by atoms with E-state index in [0.717, 1.165) is 25.9 Å². The minimum absolute atomic E-state index is 0.0775. The molecule has 0 atom stereocenters. The Kier molecular flexibility index (Phi) is 5.87. The Labute approximate surface area is 118 Å². The summed E-state index contributed by atoms with van der Waals surface area (Å²) in [7, 11) is 0. The number of amides is 1. The van der Waals surface area contributed by atoms with Crippen molar-refractivity contribution in [2.24, 2.45) is 11.3 Å².